The summed E-state index contributed by atoms with van der Waals surface area (Å²) in [6.45, 7) is 1.35. The summed E-state index contributed by atoms with van der Waals surface area (Å²) in [7, 11) is 0. The minimum Gasteiger partial charge on any atom is -0.366 e. The van der Waals surface area contributed by atoms with Crippen LogP contribution in [-0.4, -0.2) is 19.5 Å². The molecule has 0 spiro atoms. The number of nitro groups is 1. The van der Waals surface area contributed by atoms with Gasteiger partial charge in [-0.25, -0.2) is 9.97 Å². The average Bonchev–Trinajstić information content (AvgIpc) is 3.26. The lowest BCUT2D eigenvalue weighted by molar-refractivity contribution is -0.385. The van der Waals surface area contributed by atoms with Crippen LogP contribution in [0.5, 0.6) is 0 Å². The number of pyridine rings is 1. The van der Waals surface area contributed by atoms with Gasteiger partial charge in [0.2, 0.25) is 0 Å². The maximum absolute atomic E-state index is 10.7. The minimum atomic E-state index is -0.456. The minimum absolute atomic E-state index is 0.0215. The lowest BCUT2D eigenvalue weighted by atomic mass is 9.98. The van der Waals surface area contributed by atoms with Crippen LogP contribution in [0.25, 0.3) is 11.1 Å². The maximum atomic E-state index is 10.7. The number of hydrogen-bond acceptors (Lipinski definition) is 5. The first-order valence-electron chi connectivity index (χ1n) is 9.16. The molecule has 0 fully saturated rings. The topological polar surface area (TPSA) is 85.9 Å². The number of benzene rings is 2. The molecule has 1 N–H and O–H groups in total. The highest BCUT2D eigenvalue weighted by molar-refractivity contribution is 5.68. The molecule has 2 aromatic heterocycles. The predicted octanol–water partition coefficient (Wildman–Crippen LogP) is 4.51. The van der Waals surface area contributed by atoms with Crippen LogP contribution in [-0.2, 0) is 13.1 Å². The van der Waals surface area contributed by atoms with Crippen molar-refractivity contribution in [1.29, 1.82) is 0 Å². The third kappa shape index (κ3) is 4.47. The molecular formula is C22H19N5O2. The third-order valence-electron chi connectivity index (χ3n) is 4.63. The zero-order valence-corrected chi connectivity index (χ0v) is 15.6. The molecule has 4 aromatic rings. The lowest BCUT2D eigenvalue weighted by Crippen LogP contribution is -2.03. The molecule has 4 rings (SSSR count). The molecule has 2 aromatic carbocycles. The van der Waals surface area contributed by atoms with Gasteiger partial charge in [-0.2, -0.15) is 0 Å². The SMILES string of the molecule is O=[N+]([O-])c1ccc(NCc2ccccc2-c2ccc(Cn3ccnc3)cc2)nc1. The highest BCUT2D eigenvalue weighted by Gasteiger charge is 2.08. The molecule has 0 unspecified atom stereocenters. The Morgan fingerprint density at radius 2 is 1.86 bits per heavy atom. The molecule has 144 valence electrons. The van der Waals surface area contributed by atoms with Gasteiger partial charge in [-0.1, -0.05) is 48.5 Å². The smallest absolute Gasteiger partial charge is 0.287 e. The van der Waals surface area contributed by atoms with Gasteiger partial charge in [-0.05, 0) is 28.3 Å². The first-order valence-corrected chi connectivity index (χ1v) is 9.16. The Bertz CT molecular complexity index is 1090. The van der Waals surface area contributed by atoms with Gasteiger partial charge >= 0.3 is 0 Å². The van der Waals surface area contributed by atoms with Gasteiger partial charge in [0.1, 0.15) is 12.0 Å². The Labute approximate surface area is 167 Å². The third-order valence-corrected chi connectivity index (χ3v) is 4.63. The van der Waals surface area contributed by atoms with Crippen molar-refractivity contribution in [3.05, 3.63) is 107 Å². The summed E-state index contributed by atoms with van der Waals surface area (Å²) < 4.78 is 2.03. The van der Waals surface area contributed by atoms with Gasteiger partial charge in [0.05, 0.1) is 11.3 Å². The normalized spacial score (nSPS) is 10.6. The summed E-state index contributed by atoms with van der Waals surface area (Å²) in [6.07, 6.45) is 6.78. The molecule has 0 bridgehead atoms. The van der Waals surface area contributed by atoms with Crippen molar-refractivity contribution in [2.24, 2.45) is 0 Å². The summed E-state index contributed by atoms with van der Waals surface area (Å²) in [5.41, 5.74) is 4.57. The number of nitrogens with one attached hydrogen (secondary N) is 1. The van der Waals surface area contributed by atoms with Crippen LogP contribution < -0.4 is 5.32 Å². The first kappa shape index (κ1) is 18.4. The van der Waals surface area contributed by atoms with E-state index >= 15 is 0 Å². The van der Waals surface area contributed by atoms with Crippen molar-refractivity contribution in [2.75, 3.05) is 5.32 Å². The average molecular weight is 385 g/mol. The fraction of sp³-hybridized carbons (Fsp3) is 0.0909. The zero-order valence-electron chi connectivity index (χ0n) is 15.6. The summed E-state index contributed by atoms with van der Waals surface area (Å²) >= 11 is 0. The van der Waals surface area contributed by atoms with E-state index < -0.39 is 4.92 Å². The van der Waals surface area contributed by atoms with Crippen LogP contribution in [0.4, 0.5) is 11.5 Å². The number of hydrogen-bond donors (Lipinski definition) is 1. The van der Waals surface area contributed by atoms with Gasteiger partial charge in [-0.15, -0.1) is 0 Å². The van der Waals surface area contributed by atoms with Crippen molar-refractivity contribution in [3.63, 3.8) is 0 Å². The van der Waals surface area contributed by atoms with Crippen LogP contribution in [0.3, 0.4) is 0 Å². The lowest BCUT2D eigenvalue weighted by Gasteiger charge is -2.12. The molecule has 0 radical (unpaired) electrons. The van der Waals surface area contributed by atoms with Crippen molar-refractivity contribution >= 4 is 11.5 Å². The monoisotopic (exact) mass is 385 g/mol. The van der Waals surface area contributed by atoms with E-state index in [4.69, 9.17) is 0 Å². The predicted molar refractivity (Wildman–Crippen MR) is 111 cm³/mol. The van der Waals surface area contributed by atoms with E-state index in [9.17, 15) is 10.1 Å². The van der Waals surface area contributed by atoms with E-state index in [2.05, 4.69) is 51.7 Å². The van der Waals surface area contributed by atoms with Crippen LogP contribution in [0.2, 0.25) is 0 Å². The highest BCUT2D eigenvalue weighted by Crippen LogP contribution is 2.25. The van der Waals surface area contributed by atoms with Crippen LogP contribution >= 0.6 is 0 Å². The maximum Gasteiger partial charge on any atom is 0.287 e. The standard InChI is InChI=1S/C22H19N5O2/c28-27(29)20-9-10-22(25-14-20)24-13-19-3-1-2-4-21(19)18-7-5-17(6-8-18)15-26-12-11-23-16-26/h1-12,14,16H,13,15H2,(H,24,25). The second kappa shape index (κ2) is 8.35. The number of rotatable bonds is 7. The van der Waals surface area contributed by atoms with E-state index in [0.717, 1.165) is 23.2 Å². The number of imidazole rings is 1. The van der Waals surface area contributed by atoms with E-state index in [0.29, 0.717) is 12.4 Å². The summed E-state index contributed by atoms with van der Waals surface area (Å²) in [5.74, 6) is 0.598. The fourth-order valence-electron chi connectivity index (χ4n) is 3.12. The van der Waals surface area contributed by atoms with E-state index in [1.54, 1.807) is 18.6 Å². The quantitative estimate of drug-likeness (QED) is 0.374. The van der Waals surface area contributed by atoms with Gasteiger partial charge in [0, 0.05) is 31.5 Å². The van der Waals surface area contributed by atoms with Crippen molar-refractivity contribution in [3.8, 4) is 11.1 Å². The fourth-order valence-corrected chi connectivity index (χ4v) is 3.12. The second-order valence-electron chi connectivity index (χ2n) is 6.60. The van der Waals surface area contributed by atoms with Crippen LogP contribution in [0.1, 0.15) is 11.1 Å². The molecule has 0 atom stereocenters. The largest absolute Gasteiger partial charge is 0.366 e. The molecule has 0 aliphatic carbocycles. The first-order chi connectivity index (χ1) is 14.2. The van der Waals surface area contributed by atoms with Crippen LogP contribution in [0, 0.1) is 10.1 Å². The van der Waals surface area contributed by atoms with Gasteiger partial charge in [0.15, 0.2) is 0 Å². The Kier molecular flexibility index (Phi) is 5.29. The molecule has 7 heteroatoms. The van der Waals surface area contributed by atoms with E-state index in [-0.39, 0.29) is 5.69 Å². The van der Waals surface area contributed by atoms with E-state index in [1.807, 2.05) is 22.9 Å². The Morgan fingerprint density at radius 3 is 2.55 bits per heavy atom. The molecule has 0 saturated carbocycles. The molecule has 0 aliphatic heterocycles. The molecule has 7 nitrogen and oxygen atoms in total. The van der Waals surface area contributed by atoms with Crippen molar-refractivity contribution in [2.45, 2.75) is 13.1 Å². The van der Waals surface area contributed by atoms with E-state index in [1.165, 1.54) is 17.8 Å². The van der Waals surface area contributed by atoms with Crippen molar-refractivity contribution < 1.29 is 4.92 Å². The molecule has 2 heterocycles. The number of aromatic nitrogens is 3. The number of nitrogens with zero attached hydrogens (tertiary/aromatic N) is 4. The number of anilines is 1. The Balaban J connectivity index is 1.48. The van der Waals surface area contributed by atoms with Crippen molar-refractivity contribution in [1.82, 2.24) is 14.5 Å². The molecule has 29 heavy (non-hydrogen) atoms. The van der Waals surface area contributed by atoms with Gasteiger partial charge in [0.25, 0.3) is 5.69 Å². The van der Waals surface area contributed by atoms with Gasteiger partial charge < -0.3 is 9.88 Å². The summed E-state index contributed by atoms with van der Waals surface area (Å²) in [4.78, 5) is 18.5. The Hall–Kier alpha value is -4.00. The zero-order chi connectivity index (χ0) is 20.1. The highest BCUT2D eigenvalue weighted by atomic mass is 16.6. The Morgan fingerprint density at radius 1 is 1.03 bits per heavy atom. The van der Waals surface area contributed by atoms with Crippen LogP contribution in [0.15, 0.2) is 85.6 Å². The molecule has 0 saturated heterocycles. The molecule has 0 amide bonds. The van der Waals surface area contributed by atoms with Gasteiger partial charge in [-0.3, -0.25) is 10.1 Å². The molecule has 0 aliphatic rings. The second-order valence-corrected chi connectivity index (χ2v) is 6.60. The molecular weight excluding hydrogens is 366 g/mol. The summed E-state index contributed by atoms with van der Waals surface area (Å²) in [6, 6.07) is 19.7. The summed E-state index contributed by atoms with van der Waals surface area (Å²) in [5, 5.41) is 14.0.